The third-order valence-corrected chi connectivity index (χ3v) is 0. The minimum Gasteiger partial charge on any atom is 4.00 e. The van der Waals surface area contributed by atoms with Crippen LogP contribution in [0.4, 0.5) is 0 Å². The summed E-state index contributed by atoms with van der Waals surface area (Å²) in [6.07, 6.45) is 0. The van der Waals surface area contributed by atoms with Crippen molar-refractivity contribution in [1.29, 1.82) is 0 Å². The summed E-state index contributed by atoms with van der Waals surface area (Å²) >= 11 is -2.03. The van der Waals surface area contributed by atoms with Crippen molar-refractivity contribution in [2.75, 3.05) is 0 Å². The van der Waals surface area contributed by atoms with Crippen molar-refractivity contribution in [3.05, 3.63) is 0 Å². The first-order chi connectivity index (χ1) is 1.41. The summed E-state index contributed by atoms with van der Waals surface area (Å²) in [4.78, 5) is 0. The van der Waals surface area contributed by atoms with Crippen LogP contribution in [0.1, 0.15) is 0 Å². The summed E-state index contributed by atoms with van der Waals surface area (Å²) in [7, 11) is 0. The summed E-state index contributed by atoms with van der Waals surface area (Å²) in [5, 5.41) is 0. The van der Waals surface area contributed by atoms with Gasteiger partial charge < -0.3 is 16.4 Å². The van der Waals surface area contributed by atoms with E-state index in [-0.39, 0.29) is 75.9 Å². The second-order valence-corrected chi connectivity index (χ2v) is 0.403. The molecule has 0 bridgehead atoms. The molecule has 0 saturated heterocycles. The molecule has 0 aromatic heterocycles. The number of hydrogen-bond donors (Lipinski definition) is 0. The Hall–Kier alpha value is 2.08. The SMILES string of the molecule is [Li+].[Li+].[O-2].[O-2].[O-2].[O]=[Mo]=[O].[Ti+4]. The van der Waals surface area contributed by atoms with Crippen LogP contribution in [0.15, 0.2) is 0 Å². The molecule has 0 aromatic carbocycles. The van der Waals surface area contributed by atoms with Gasteiger partial charge in [-0.1, -0.05) is 0 Å². The monoisotopic (exact) mass is 240 g/mol. The molecule has 0 atom stereocenters. The van der Waals surface area contributed by atoms with Gasteiger partial charge in [-0.3, -0.25) is 0 Å². The number of hydrogen-bond acceptors (Lipinski definition) is 2. The molecule has 42 valence electrons. The van der Waals surface area contributed by atoms with Crippen LogP contribution in [0.3, 0.4) is 0 Å². The van der Waals surface area contributed by atoms with Crippen LogP contribution in [0, 0.1) is 0 Å². The Morgan fingerprint density at radius 3 is 0.778 bits per heavy atom. The van der Waals surface area contributed by atoms with Crippen molar-refractivity contribution >= 4 is 0 Å². The van der Waals surface area contributed by atoms with Crippen LogP contribution in [0.2, 0.25) is 0 Å². The standard InChI is InChI=1S/2Li.Mo.5O.Ti/q2*+1;;;;3*-2;+4. The normalized spacial score (nSPS) is 1.33. The largest absolute Gasteiger partial charge is 4.00 e. The molecule has 0 spiro atoms. The Balaban J connectivity index is -0.00000000133. The fourth-order valence-corrected chi connectivity index (χ4v) is 0. The van der Waals surface area contributed by atoms with Gasteiger partial charge in [0.05, 0.1) is 0 Å². The maximum Gasteiger partial charge on any atom is 4.00 e. The molecule has 9 heavy (non-hydrogen) atoms. The predicted molar refractivity (Wildman–Crippen MR) is 3.43 cm³/mol. The van der Waals surface area contributed by atoms with Crippen LogP contribution >= 0.6 is 0 Å². The van der Waals surface area contributed by atoms with E-state index >= 15 is 0 Å². The molecule has 5 nitrogen and oxygen atoms in total. The van der Waals surface area contributed by atoms with Crippen molar-refractivity contribution < 1.29 is 101 Å². The number of rotatable bonds is 0. The van der Waals surface area contributed by atoms with Crippen molar-refractivity contribution in [1.82, 2.24) is 0 Å². The van der Waals surface area contributed by atoms with E-state index in [1.165, 1.54) is 0 Å². The Kier molecular flexibility index (Phi) is 659. The molecule has 0 aliphatic rings. The van der Waals surface area contributed by atoms with Crippen molar-refractivity contribution in [3.8, 4) is 0 Å². The summed E-state index contributed by atoms with van der Waals surface area (Å²) in [5.74, 6) is 0. The Bertz CT molecular complexity index is 35.9. The maximum absolute atomic E-state index is 8.50. The molecule has 0 N–H and O–H groups in total. The fraction of sp³-hybridized carbons (Fsp3) is 0. The van der Waals surface area contributed by atoms with Crippen LogP contribution in [0.5, 0.6) is 0 Å². The van der Waals surface area contributed by atoms with E-state index in [0.29, 0.717) is 0 Å². The van der Waals surface area contributed by atoms with E-state index in [9.17, 15) is 0 Å². The molecule has 0 heterocycles. The quantitative estimate of drug-likeness (QED) is 0.389. The van der Waals surface area contributed by atoms with E-state index in [2.05, 4.69) is 0 Å². The smallest absolute Gasteiger partial charge is 4.00 e. The first kappa shape index (κ1) is 67.7. The van der Waals surface area contributed by atoms with E-state index < -0.39 is 18.5 Å². The van der Waals surface area contributed by atoms with Gasteiger partial charge in [0.1, 0.15) is 0 Å². The molecule has 0 radical (unpaired) electrons. The summed E-state index contributed by atoms with van der Waals surface area (Å²) in [6.45, 7) is 0. The Morgan fingerprint density at radius 1 is 0.778 bits per heavy atom. The van der Waals surface area contributed by atoms with Crippen LogP contribution < -0.4 is 37.7 Å². The molecule has 0 saturated carbocycles. The van der Waals surface area contributed by atoms with E-state index in [1.807, 2.05) is 0 Å². The fourth-order valence-electron chi connectivity index (χ4n) is 0. The van der Waals surface area contributed by atoms with Crippen LogP contribution in [-0.4, -0.2) is 0 Å². The molecule has 0 aromatic rings. The Morgan fingerprint density at radius 2 is 0.778 bits per heavy atom. The van der Waals surface area contributed by atoms with Crippen molar-refractivity contribution in [3.63, 3.8) is 0 Å². The zero-order chi connectivity index (χ0) is 2.71. The van der Waals surface area contributed by atoms with Gasteiger partial charge in [0.15, 0.2) is 0 Å². The van der Waals surface area contributed by atoms with Gasteiger partial charge in [-0.15, -0.1) is 0 Å². The average Bonchev–Trinajstić information content (AvgIpc) is 0.918. The van der Waals surface area contributed by atoms with Gasteiger partial charge in [-0.25, -0.2) is 0 Å². The van der Waals surface area contributed by atoms with Crippen LogP contribution in [0.25, 0.3) is 0 Å². The molecule has 0 fully saturated rings. The molecule has 0 amide bonds. The van der Waals surface area contributed by atoms with E-state index in [4.69, 9.17) is 6.80 Å². The molecule has 9 heteroatoms. The van der Waals surface area contributed by atoms with Gasteiger partial charge in [0.25, 0.3) is 0 Å². The third-order valence-electron chi connectivity index (χ3n) is 0. The molecule has 0 aliphatic carbocycles. The first-order valence-corrected chi connectivity index (χ1v) is 1.97. The summed E-state index contributed by atoms with van der Waals surface area (Å²) in [5.41, 5.74) is 0. The van der Waals surface area contributed by atoms with Crippen molar-refractivity contribution in [2.24, 2.45) is 0 Å². The van der Waals surface area contributed by atoms with E-state index in [1.54, 1.807) is 0 Å². The van der Waals surface area contributed by atoms with E-state index in [0.717, 1.165) is 0 Å². The third kappa shape index (κ3) is 152. The Labute approximate surface area is 100 Å². The minimum atomic E-state index is -2.03. The topological polar surface area (TPSA) is 120 Å². The maximum atomic E-state index is 8.50. The average molecular weight is 238 g/mol. The van der Waals surface area contributed by atoms with Gasteiger partial charge >= 0.3 is 84.7 Å². The van der Waals surface area contributed by atoms with Gasteiger partial charge in [-0.05, 0) is 0 Å². The van der Waals surface area contributed by atoms with Crippen LogP contribution in [-0.2, 0) is 63.4 Å². The predicted octanol–water partition coefficient (Wildman–Crippen LogP) is -6.59. The summed E-state index contributed by atoms with van der Waals surface area (Å²) in [6, 6.07) is 0. The molecule has 0 rings (SSSR count). The van der Waals surface area contributed by atoms with Gasteiger partial charge in [0, 0.05) is 0 Å². The minimum absolute atomic E-state index is 0. The molecular weight excluding hydrogens is 238 g/mol. The zero-order valence-corrected chi connectivity index (χ0v) is 8.52. The second-order valence-electron chi connectivity index (χ2n) is 0.0680. The first-order valence-electron chi connectivity index (χ1n) is 0.333. The van der Waals surface area contributed by atoms with Gasteiger partial charge in [0.2, 0.25) is 0 Å². The zero-order valence-electron chi connectivity index (χ0n) is 4.95. The molecule has 0 aliphatic heterocycles. The second kappa shape index (κ2) is 87.7. The molecule has 0 unspecified atom stereocenters. The van der Waals surface area contributed by atoms with Crippen molar-refractivity contribution in [2.45, 2.75) is 0 Å². The summed E-state index contributed by atoms with van der Waals surface area (Å²) < 4.78 is 17.0. The van der Waals surface area contributed by atoms with Gasteiger partial charge in [-0.2, -0.15) is 0 Å². The molecular formula is Li2MoO5Ti.